The van der Waals surface area contributed by atoms with Gasteiger partial charge in [0.25, 0.3) is 5.56 Å². The third kappa shape index (κ3) is 6.43. The van der Waals surface area contributed by atoms with E-state index in [-0.39, 0.29) is 17.9 Å². The van der Waals surface area contributed by atoms with Crippen molar-refractivity contribution in [1.29, 1.82) is 0 Å². The molecule has 0 radical (unpaired) electrons. The summed E-state index contributed by atoms with van der Waals surface area (Å²) >= 11 is 0. The molecule has 0 aromatic carbocycles. The molecule has 28 heavy (non-hydrogen) atoms. The molecule has 0 bridgehead atoms. The van der Waals surface area contributed by atoms with Crippen molar-refractivity contribution in [3.63, 3.8) is 0 Å². The molecule has 0 spiro atoms. The minimum Gasteiger partial charge on any atom is -0.326 e. The van der Waals surface area contributed by atoms with Crippen molar-refractivity contribution in [2.75, 3.05) is 6.61 Å². The number of imidazole rings is 1. The molecule has 0 amide bonds. The van der Waals surface area contributed by atoms with Crippen molar-refractivity contribution in [3.8, 4) is 0 Å². The van der Waals surface area contributed by atoms with Crippen LogP contribution in [0.4, 0.5) is 0 Å². The van der Waals surface area contributed by atoms with Crippen LogP contribution in [-0.4, -0.2) is 30.2 Å². The molecule has 2 rings (SSSR count). The highest BCUT2D eigenvalue weighted by Crippen LogP contribution is 2.15. The third-order valence-electron chi connectivity index (χ3n) is 4.15. The van der Waals surface area contributed by atoms with E-state index >= 15 is 0 Å². The number of hydrogen-bond acceptors (Lipinski definition) is 5. The van der Waals surface area contributed by atoms with Crippen LogP contribution in [-0.2, 0) is 28.7 Å². The summed E-state index contributed by atoms with van der Waals surface area (Å²) in [5.74, 6) is 0. The molecule has 2 aromatic heterocycles. The Morgan fingerprint density at radius 2 is 1.61 bits per heavy atom. The van der Waals surface area contributed by atoms with Crippen LogP contribution in [0.15, 0.2) is 15.9 Å². The fourth-order valence-electron chi connectivity index (χ4n) is 2.65. The molecule has 0 aliphatic rings. The van der Waals surface area contributed by atoms with Crippen LogP contribution in [0.3, 0.4) is 0 Å². The standard InChI is InChI=1S/C14H23N4O5P.C4H10/c1-3-6-17-12-11(13(19)18(7-4-2)14(17)20)16(10-15-12)8-5-9-23-24(21)22;1-3-4-2/h10,24H,3-9H2,1-2H3,(H,21,22);3-4H2,1-2H3. The van der Waals surface area contributed by atoms with Gasteiger partial charge in [-0.3, -0.25) is 18.5 Å². The van der Waals surface area contributed by atoms with Gasteiger partial charge >= 0.3 is 13.9 Å². The Morgan fingerprint density at radius 3 is 2.14 bits per heavy atom. The summed E-state index contributed by atoms with van der Waals surface area (Å²) in [5, 5.41) is 0. The smallest absolute Gasteiger partial charge is 0.326 e. The molecule has 10 heteroatoms. The summed E-state index contributed by atoms with van der Waals surface area (Å²) in [5.41, 5.74) is 0.0889. The molecule has 0 aliphatic heterocycles. The van der Waals surface area contributed by atoms with Gasteiger partial charge in [-0.25, -0.2) is 9.78 Å². The Labute approximate surface area is 165 Å². The molecule has 1 unspecified atom stereocenters. The number of hydrogen-bond donors (Lipinski definition) is 1. The van der Waals surface area contributed by atoms with E-state index < -0.39 is 8.25 Å². The zero-order chi connectivity index (χ0) is 21.1. The Kier molecular flexibility index (Phi) is 11.0. The second-order valence-corrected chi connectivity index (χ2v) is 7.29. The van der Waals surface area contributed by atoms with Crippen molar-refractivity contribution < 1.29 is 14.0 Å². The average Bonchev–Trinajstić information content (AvgIpc) is 3.09. The Morgan fingerprint density at radius 1 is 1.00 bits per heavy atom. The van der Waals surface area contributed by atoms with Crippen LogP contribution in [0.25, 0.3) is 11.2 Å². The normalized spacial score (nSPS) is 12.0. The van der Waals surface area contributed by atoms with Crippen molar-refractivity contribution >= 4 is 19.4 Å². The monoisotopic (exact) mass is 416 g/mol. The van der Waals surface area contributed by atoms with Gasteiger partial charge in [-0.2, -0.15) is 0 Å². The number of rotatable bonds is 10. The molecule has 160 valence electrons. The SMILES string of the molecule is CCCC.CCCn1c(=O)c2c(ncn2CCCO[PH](=O)O)n(CCC)c1=O. The molecule has 1 atom stereocenters. The fourth-order valence-corrected chi connectivity index (χ4v) is 2.97. The maximum absolute atomic E-state index is 12.7. The summed E-state index contributed by atoms with van der Waals surface area (Å²) in [6, 6.07) is 0. The van der Waals surface area contributed by atoms with E-state index in [4.69, 9.17) is 4.89 Å². The van der Waals surface area contributed by atoms with Gasteiger partial charge in [0.1, 0.15) is 0 Å². The highest BCUT2D eigenvalue weighted by Gasteiger charge is 2.17. The van der Waals surface area contributed by atoms with Gasteiger partial charge in [0, 0.05) is 19.6 Å². The molecule has 1 N–H and O–H groups in total. The molecule has 2 heterocycles. The number of unbranched alkanes of at least 4 members (excludes halogenated alkanes) is 1. The Balaban J connectivity index is 0.000000892. The van der Waals surface area contributed by atoms with Gasteiger partial charge in [-0.05, 0) is 19.3 Å². The maximum atomic E-state index is 12.7. The van der Waals surface area contributed by atoms with Crippen LogP contribution in [0.5, 0.6) is 0 Å². The second kappa shape index (κ2) is 12.7. The summed E-state index contributed by atoms with van der Waals surface area (Å²) in [7, 11) is -2.94. The molecule has 0 aliphatic carbocycles. The molecular weight excluding hydrogens is 383 g/mol. The minimum absolute atomic E-state index is 0.117. The average molecular weight is 416 g/mol. The maximum Gasteiger partial charge on any atom is 0.332 e. The third-order valence-corrected chi connectivity index (χ3v) is 4.60. The van der Waals surface area contributed by atoms with Crippen LogP contribution >= 0.6 is 8.25 Å². The van der Waals surface area contributed by atoms with E-state index in [0.29, 0.717) is 43.6 Å². The molecule has 9 nitrogen and oxygen atoms in total. The summed E-state index contributed by atoms with van der Waals surface area (Å²) in [6.07, 6.45) is 6.06. The zero-order valence-corrected chi connectivity index (χ0v) is 18.3. The van der Waals surface area contributed by atoms with E-state index in [1.807, 2.05) is 13.8 Å². The molecular formula is C18H33N4O5P. The molecule has 0 fully saturated rings. The van der Waals surface area contributed by atoms with Crippen molar-refractivity contribution in [1.82, 2.24) is 18.7 Å². The van der Waals surface area contributed by atoms with Gasteiger partial charge < -0.3 is 14.0 Å². The van der Waals surface area contributed by atoms with Crippen molar-refractivity contribution in [2.24, 2.45) is 0 Å². The first kappa shape index (κ1) is 24.3. The summed E-state index contributed by atoms with van der Waals surface area (Å²) in [6.45, 7) is 9.61. The van der Waals surface area contributed by atoms with Gasteiger partial charge in [0.2, 0.25) is 0 Å². The number of nitrogens with zero attached hydrogens (tertiary/aromatic N) is 4. The van der Waals surface area contributed by atoms with Gasteiger partial charge in [-0.15, -0.1) is 0 Å². The first-order valence-corrected chi connectivity index (χ1v) is 11.2. The van der Waals surface area contributed by atoms with Crippen LogP contribution < -0.4 is 11.2 Å². The van der Waals surface area contributed by atoms with Crippen LogP contribution in [0.2, 0.25) is 0 Å². The highest BCUT2D eigenvalue weighted by atomic mass is 31.1. The molecule has 2 aromatic rings. The summed E-state index contributed by atoms with van der Waals surface area (Å²) in [4.78, 5) is 38.1. The van der Waals surface area contributed by atoms with E-state index in [2.05, 4.69) is 23.4 Å². The lowest BCUT2D eigenvalue weighted by atomic mass is 10.4. The predicted molar refractivity (Wildman–Crippen MR) is 111 cm³/mol. The minimum atomic E-state index is -2.94. The lowest BCUT2D eigenvalue weighted by molar-refractivity contribution is 0.272. The highest BCUT2D eigenvalue weighted by molar-refractivity contribution is 7.32. The van der Waals surface area contributed by atoms with Gasteiger partial charge in [-0.1, -0.05) is 40.5 Å². The van der Waals surface area contributed by atoms with E-state index in [0.717, 1.165) is 6.42 Å². The fraction of sp³-hybridized carbons (Fsp3) is 0.722. The number of aromatic nitrogens is 4. The lowest BCUT2D eigenvalue weighted by Crippen LogP contribution is -2.40. The number of aryl methyl sites for hydroxylation is 2. The van der Waals surface area contributed by atoms with E-state index in [1.54, 1.807) is 4.57 Å². The second-order valence-electron chi connectivity index (χ2n) is 6.47. The lowest BCUT2D eigenvalue weighted by Gasteiger charge is -2.11. The molecule has 0 saturated carbocycles. The molecule has 0 saturated heterocycles. The van der Waals surface area contributed by atoms with Crippen molar-refractivity contribution in [2.45, 2.75) is 79.4 Å². The van der Waals surface area contributed by atoms with Gasteiger partial charge in [0.15, 0.2) is 11.2 Å². The topological polar surface area (TPSA) is 108 Å². The zero-order valence-electron chi connectivity index (χ0n) is 17.3. The van der Waals surface area contributed by atoms with E-state index in [1.165, 1.54) is 28.3 Å². The first-order valence-electron chi connectivity index (χ1n) is 9.96. The first-order chi connectivity index (χ1) is 13.4. The quantitative estimate of drug-likeness (QED) is 0.471. The largest absolute Gasteiger partial charge is 0.332 e. The predicted octanol–water partition coefficient (Wildman–Crippen LogP) is 2.77. The van der Waals surface area contributed by atoms with Crippen LogP contribution in [0, 0.1) is 0 Å². The van der Waals surface area contributed by atoms with Crippen LogP contribution in [0.1, 0.15) is 59.8 Å². The van der Waals surface area contributed by atoms with E-state index in [9.17, 15) is 14.2 Å². The van der Waals surface area contributed by atoms with Crippen molar-refractivity contribution in [3.05, 3.63) is 27.2 Å². The summed E-state index contributed by atoms with van der Waals surface area (Å²) < 4.78 is 19.7. The Hall–Kier alpha value is -1.70. The van der Waals surface area contributed by atoms with Gasteiger partial charge in [0.05, 0.1) is 12.9 Å². The Bertz CT molecular complexity index is 869. The number of fused-ring (bicyclic) bond motifs is 1.